The van der Waals surface area contributed by atoms with Crippen molar-refractivity contribution in [3.8, 4) is 0 Å². The van der Waals surface area contributed by atoms with Crippen molar-refractivity contribution in [2.45, 2.75) is 77.0 Å². The summed E-state index contributed by atoms with van der Waals surface area (Å²) in [5.74, 6) is 3.93. The van der Waals surface area contributed by atoms with Crippen molar-refractivity contribution < 1.29 is 0 Å². The molecule has 0 amide bonds. The van der Waals surface area contributed by atoms with Gasteiger partial charge in [-0.15, -0.1) is 0 Å². The highest BCUT2D eigenvalue weighted by atomic mass is 79.9. The Morgan fingerprint density at radius 3 is 2.05 bits per heavy atom. The first-order valence-corrected chi connectivity index (χ1v) is 10.3. The van der Waals surface area contributed by atoms with Gasteiger partial charge in [0, 0.05) is 4.47 Å². The van der Waals surface area contributed by atoms with E-state index in [1.165, 1.54) is 68.7 Å². The largest absolute Gasteiger partial charge is 0.0654 e. The quantitative estimate of drug-likeness (QED) is 0.525. The first-order chi connectivity index (χ1) is 10.8. The van der Waals surface area contributed by atoms with Crippen LogP contribution < -0.4 is 0 Å². The molecule has 2 fully saturated rings. The Hall–Kier alpha value is -0.300. The molecule has 3 rings (SSSR count). The predicted octanol–water partition coefficient (Wildman–Crippen LogP) is 7.33. The SMILES string of the molecule is CCCC1CCC(C2CCC(c3ccccc3Br)CC2)CC1. The first kappa shape index (κ1) is 16.6. The van der Waals surface area contributed by atoms with Gasteiger partial charge in [-0.3, -0.25) is 0 Å². The molecular weight excluding hydrogens is 332 g/mol. The highest BCUT2D eigenvalue weighted by Crippen LogP contribution is 2.45. The Morgan fingerprint density at radius 2 is 1.45 bits per heavy atom. The molecule has 122 valence electrons. The summed E-state index contributed by atoms with van der Waals surface area (Å²) in [4.78, 5) is 0. The average Bonchev–Trinajstić information content (AvgIpc) is 2.57. The summed E-state index contributed by atoms with van der Waals surface area (Å²) in [7, 11) is 0. The van der Waals surface area contributed by atoms with Gasteiger partial charge in [-0.25, -0.2) is 0 Å². The van der Waals surface area contributed by atoms with E-state index < -0.39 is 0 Å². The van der Waals surface area contributed by atoms with Crippen LogP contribution in [0, 0.1) is 17.8 Å². The van der Waals surface area contributed by atoms with Crippen LogP contribution in [0.5, 0.6) is 0 Å². The second-order valence-electron chi connectivity index (χ2n) is 7.70. The molecule has 0 bridgehead atoms. The molecule has 0 spiro atoms. The standard InChI is InChI=1S/C21H31Br/c1-2-5-16-8-10-17(11-9-16)18-12-14-19(15-13-18)20-6-3-4-7-21(20)22/h3-4,6-7,16-19H,2,5,8-15H2,1H3. The molecule has 0 nitrogen and oxygen atoms in total. The fraction of sp³-hybridized carbons (Fsp3) is 0.714. The van der Waals surface area contributed by atoms with Crippen LogP contribution in [0.25, 0.3) is 0 Å². The molecule has 0 heterocycles. The number of halogens is 1. The summed E-state index contributed by atoms with van der Waals surface area (Å²) in [5.41, 5.74) is 1.55. The lowest BCUT2D eigenvalue weighted by molar-refractivity contribution is 0.156. The van der Waals surface area contributed by atoms with Crippen LogP contribution in [0.15, 0.2) is 28.7 Å². The minimum atomic E-state index is 0.795. The van der Waals surface area contributed by atoms with Crippen molar-refractivity contribution in [3.63, 3.8) is 0 Å². The van der Waals surface area contributed by atoms with E-state index >= 15 is 0 Å². The van der Waals surface area contributed by atoms with Gasteiger partial charge in [-0.1, -0.05) is 66.7 Å². The van der Waals surface area contributed by atoms with Gasteiger partial charge in [0.15, 0.2) is 0 Å². The predicted molar refractivity (Wildman–Crippen MR) is 99.2 cm³/mol. The Bertz CT molecular complexity index is 451. The zero-order valence-electron chi connectivity index (χ0n) is 14.1. The van der Waals surface area contributed by atoms with E-state index in [0.29, 0.717) is 0 Å². The normalized spacial score (nSPS) is 32.8. The summed E-state index contributed by atoms with van der Waals surface area (Å²) in [6, 6.07) is 8.86. The molecular formula is C21H31Br. The second-order valence-corrected chi connectivity index (χ2v) is 8.56. The van der Waals surface area contributed by atoms with Crippen molar-refractivity contribution in [2.24, 2.45) is 17.8 Å². The van der Waals surface area contributed by atoms with Gasteiger partial charge in [-0.05, 0) is 73.8 Å². The fourth-order valence-corrected chi connectivity index (χ4v) is 5.67. The van der Waals surface area contributed by atoms with Crippen molar-refractivity contribution >= 4 is 15.9 Å². The number of hydrogen-bond donors (Lipinski definition) is 0. The maximum Gasteiger partial charge on any atom is 0.0210 e. The van der Waals surface area contributed by atoms with Crippen LogP contribution in [0.4, 0.5) is 0 Å². The number of hydrogen-bond acceptors (Lipinski definition) is 0. The van der Waals surface area contributed by atoms with E-state index in [4.69, 9.17) is 0 Å². The van der Waals surface area contributed by atoms with E-state index in [-0.39, 0.29) is 0 Å². The minimum Gasteiger partial charge on any atom is -0.0654 e. The van der Waals surface area contributed by atoms with Crippen molar-refractivity contribution in [1.82, 2.24) is 0 Å². The summed E-state index contributed by atoms with van der Waals surface area (Å²) >= 11 is 3.74. The van der Waals surface area contributed by atoms with Crippen molar-refractivity contribution in [3.05, 3.63) is 34.3 Å². The summed E-state index contributed by atoms with van der Waals surface area (Å²) in [5, 5.41) is 0. The van der Waals surface area contributed by atoms with Gasteiger partial charge < -0.3 is 0 Å². The maximum absolute atomic E-state index is 3.74. The third kappa shape index (κ3) is 3.96. The Kier molecular flexibility index (Phi) is 6.02. The molecule has 2 aliphatic rings. The molecule has 22 heavy (non-hydrogen) atoms. The molecule has 0 atom stereocenters. The lowest BCUT2D eigenvalue weighted by Gasteiger charge is -2.38. The monoisotopic (exact) mass is 362 g/mol. The van der Waals surface area contributed by atoms with E-state index in [2.05, 4.69) is 47.1 Å². The molecule has 1 aromatic carbocycles. The molecule has 1 heteroatoms. The summed E-state index contributed by atoms with van der Waals surface area (Å²) in [6.45, 7) is 2.34. The highest BCUT2D eigenvalue weighted by molar-refractivity contribution is 9.10. The molecule has 0 aliphatic heterocycles. The van der Waals surface area contributed by atoms with Crippen LogP contribution in [-0.2, 0) is 0 Å². The Morgan fingerprint density at radius 1 is 0.864 bits per heavy atom. The summed E-state index contributed by atoms with van der Waals surface area (Å²) in [6.07, 6.45) is 14.7. The highest BCUT2D eigenvalue weighted by Gasteiger charge is 2.31. The molecule has 2 aliphatic carbocycles. The number of benzene rings is 1. The summed E-state index contributed by atoms with van der Waals surface area (Å²) < 4.78 is 1.32. The van der Waals surface area contributed by atoms with Gasteiger partial charge >= 0.3 is 0 Å². The first-order valence-electron chi connectivity index (χ1n) is 9.52. The average molecular weight is 363 g/mol. The van der Waals surface area contributed by atoms with E-state index in [0.717, 1.165) is 23.7 Å². The molecule has 1 aromatic rings. The zero-order valence-corrected chi connectivity index (χ0v) is 15.7. The third-order valence-electron chi connectivity index (χ3n) is 6.37. The number of rotatable bonds is 4. The molecule has 0 unspecified atom stereocenters. The van der Waals surface area contributed by atoms with E-state index in [9.17, 15) is 0 Å². The molecule has 0 aromatic heterocycles. The van der Waals surface area contributed by atoms with E-state index in [1.807, 2.05) is 0 Å². The molecule has 0 saturated heterocycles. The van der Waals surface area contributed by atoms with Gasteiger partial charge in [0.2, 0.25) is 0 Å². The van der Waals surface area contributed by atoms with Gasteiger partial charge in [0.1, 0.15) is 0 Å². The van der Waals surface area contributed by atoms with Crippen LogP contribution in [0.3, 0.4) is 0 Å². The van der Waals surface area contributed by atoms with Crippen LogP contribution in [0.1, 0.15) is 82.6 Å². The molecule has 0 N–H and O–H groups in total. The van der Waals surface area contributed by atoms with E-state index in [1.54, 1.807) is 5.56 Å². The third-order valence-corrected chi connectivity index (χ3v) is 7.09. The maximum atomic E-state index is 3.74. The van der Waals surface area contributed by atoms with Crippen molar-refractivity contribution in [2.75, 3.05) is 0 Å². The smallest absolute Gasteiger partial charge is 0.0210 e. The van der Waals surface area contributed by atoms with Crippen LogP contribution >= 0.6 is 15.9 Å². The van der Waals surface area contributed by atoms with Crippen LogP contribution in [0.2, 0.25) is 0 Å². The van der Waals surface area contributed by atoms with Gasteiger partial charge in [0.05, 0.1) is 0 Å². The van der Waals surface area contributed by atoms with Crippen LogP contribution in [-0.4, -0.2) is 0 Å². The van der Waals surface area contributed by atoms with Crippen molar-refractivity contribution in [1.29, 1.82) is 0 Å². The minimum absolute atomic E-state index is 0.795. The Balaban J connectivity index is 1.49. The lowest BCUT2D eigenvalue weighted by atomic mass is 9.68. The lowest BCUT2D eigenvalue weighted by Crippen LogP contribution is -2.25. The zero-order chi connectivity index (χ0) is 15.4. The Labute approximate surface area is 145 Å². The van der Waals surface area contributed by atoms with Gasteiger partial charge in [-0.2, -0.15) is 0 Å². The molecule has 2 saturated carbocycles. The molecule has 0 radical (unpaired) electrons. The topological polar surface area (TPSA) is 0 Å². The second kappa shape index (κ2) is 7.99. The van der Waals surface area contributed by atoms with Gasteiger partial charge in [0.25, 0.3) is 0 Å². The fourth-order valence-electron chi connectivity index (χ4n) is 5.06.